The first-order chi connectivity index (χ1) is 7.83. The molecule has 0 amide bonds. The number of hydrogen-bond acceptors (Lipinski definition) is 3. The minimum atomic E-state index is 0.0756. The zero-order valence-electron chi connectivity index (χ0n) is 9.78. The molecule has 0 aromatic rings. The van der Waals surface area contributed by atoms with Crippen molar-refractivity contribution >= 4 is 5.97 Å². The number of carbonyl (C=O) groups is 1. The fraction of sp³-hybridized carbons (Fsp3) is 0.923. The summed E-state index contributed by atoms with van der Waals surface area (Å²) in [6.45, 7) is 0. The van der Waals surface area contributed by atoms with Gasteiger partial charge in [-0.15, -0.1) is 0 Å². The van der Waals surface area contributed by atoms with Crippen LogP contribution >= 0.6 is 0 Å². The van der Waals surface area contributed by atoms with Crippen molar-refractivity contribution in [1.82, 2.24) is 5.32 Å². The van der Waals surface area contributed by atoms with E-state index in [-0.39, 0.29) is 18.0 Å². The molecule has 1 N–H and O–H groups in total. The van der Waals surface area contributed by atoms with E-state index in [2.05, 4.69) is 5.32 Å². The largest absolute Gasteiger partial charge is 0.462 e. The summed E-state index contributed by atoms with van der Waals surface area (Å²) in [6.07, 6.45) is 9.58. The first-order valence-electron chi connectivity index (χ1n) is 6.79. The lowest BCUT2D eigenvalue weighted by Crippen LogP contribution is -2.33. The van der Waals surface area contributed by atoms with Crippen LogP contribution in [0.2, 0.25) is 0 Å². The molecule has 1 saturated carbocycles. The van der Waals surface area contributed by atoms with E-state index in [0.717, 1.165) is 25.7 Å². The fourth-order valence-corrected chi connectivity index (χ4v) is 3.52. The molecule has 3 nitrogen and oxygen atoms in total. The van der Waals surface area contributed by atoms with Crippen LogP contribution in [0.3, 0.4) is 0 Å². The van der Waals surface area contributed by atoms with E-state index in [0.29, 0.717) is 12.1 Å². The average molecular weight is 223 g/mol. The maximum absolute atomic E-state index is 12.0. The highest BCUT2D eigenvalue weighted by atomic mass is 16.5. The summed E-state index contributed by atoms with van der Waals surface area (Å²) >= 11 is 0. The second-order valence-corrected chi connectivity index (χ2v) is 5.59. The van der Waals surface area contributed by atoms with Gasteiger partial charge in [0.1, 0.15) is 6.10 Å². The third-order valence-electron chi connectivity index (χ3n) is 4.44. The summed E-state index contributed by atoms with van der Waals surface area (Å²) < 4.78 is 5.65. The number of nitrogens with one attached hydrogen (secondary N) is 1. The van der Waals surface area contributed by atoms with Crippen molar-refractivity contribution in [1.29, 1.82) is 0 Å². The van der Waals surface area contributed by atoms with Crippen molar-refractivity contribution in [3.8, 4) is 0 Å². The molecule has 0 aromatic carbocycles. The highest BCUT2D eigenvalue weighted by molar-refractivity contribution is 5.74. The summed E-state index contributed by atoms with van der Waals surface area (Å²) in [5.41, 5.74) is 0. The Morgan fingerprint density at radius 3 is 2.50 bits per heavy atom. The number of carbonyl (C=O) groups excluding carboxylic acids is 1. The van der Waals surface area contributed by atoms with Gasteiger partial charge in [-0.1, -0.05) is 6.42 Å². The minimum absolute atomic E-state index is 0.0756. The summed E-state index contributed by atoms with van der Waals surface area (Å²) in [4.78, 5) is 12.0. The van der Waals surface area contributed by atoms with Gasteiger partial charge in [-0.25, -0.2) is 0 Å². The van der Waals surface area contributed by atoms with Gasteiger partial charge in [-0.2, -0.15) is 0 Å². The lowest BCUT2D eigenvalue weighted by atomic mass is 9.89. The number of esters is 1. The van der Waals surface area contributed by atoms with E-state index in [1.165, 1.54) is 25.7 Å². The Labute approximate surface area is 96.9 Å². The van der Waals surface area contributed by atoms with Crippen molar-refractivity contribution in [2.24, 2.45) is 5.92 Å². The molecule has 16 heavy (non-hydrogen) atoms. The van der Waals surface area contributed by atoms with Crippen LogP contribution in [-0.2, 0) is 9.53 Å². The Kier molecular flexibility index (Phi) is 2.88. The second kappa shape index (κ2) is 4.36. The topological polar surface area (TPSA) is 38.3 Å². The molecule has 3 atom stereocenters. The van der Waals surface area contributed by atoms with Crippen molar-refractivity contribution in [2.75, 3.05) is 0 Å². The number of rotatable bonds is 2. The molecule has 3 fully saturated rings. The predicted molar refractivity (Wildman–Crippen MR) is 61.0 cm³/mol. The molecule has 2 heterocycles. The lowest BCUT2D eigenvalue weighted by molar-refractivity contribution is -0.156. The molecule has 90 valence electrons. The van der Waals surface area contributed by atoms with Crippen LogP contribution in [0.1, 0.15) is 51.4 Å². The van der Waals surface area contributed by atoms with Crippen molar-refractivity contribution in [3.63, 3.8) is 0 Å². The van der Waals surface area contributed by atoms with Crippen LogP contribution in [0.5, 0.6) is 0 Å². The maximum Gasteiger partial charge on any atom is 0.310 e. The van der Waals surface area contributed by atoms with Crippen molar-refractivity contribution < 1.29 is 9.53 Å². The monoisotopic (exact) mass is 223 g/mol. The Hall–Kier alpha value is -0.570. The molecule has 3 aliphatic rings. The summed E-state index contributed by atoms with van der Waals surface area (Å²) in [5.74, 6) is 0.229. The summed E-state index contributed by atoms with van der Waals surface area (Å²) in [6, 6.07) is 1.01. The first-order valence-corrected chi connectivity index (χ1v) is 6.79. The number of fused-ring (bicyclic) bond motifs is 2. The lowest BCUT2D eigenvalue weighted by Gasteiger charge is -2.25. The molecule has 0 spiro atoms. The van der Waals surface area contributed by atoms with Gasteiger partial charge in [0.2, 0.25) is 0 Å². The van der Waals surface area contributed by atoms with Gasteiger partial charge < -0.3 is 10.1 Å². The van der Waals surface area contributed by atoms with Crippen LogP contribution in [-0.4, -0.2) is 24.2 Å². The molecule has 3 rings (SSSR count). The van der Waals surface area contributed by atoms with Crippen LogP contribution in [0.25, 0.3) is 0 Å². The third-order valence-corrected chi connectivity index (χ3v) is 4.44. The molecule has 3 unspecified atom stereocenters. The Bertz CT molecular complexity index is 273. The van der Waals surface area contributed by atoms with Gasteiger partial charge in [0.05, 0.1) is 5.92 Å². The van der Waals surface area contributed by atoms with E-state index < -0.39 is 0 Å². The molecule has 1 aliphatic carbocycles. The zero-order valence-corrected chi connectivity index (χ0v) is 9.78. The molecule has 3 heteroatoms. The van der Waals surface area contributed by atoms with Crippen LogP contribution in [0, 0.1) is 5.92 Å². The van der Waals surface area contributed by atoms with E-state index in [9.17, 15) is 4.79 Å². The molecule has 2 aliphatic heterocycles. The third kappa shape index (κ3) is 1.97. The molecule has 0 aromatic heterocycles. The molecule has 2 bridgehead atoms. The predicted octanol–water partition coefficient (Wildman–Crippen LogP) is 2.00. The average Bonchev–Trinajstić information content (AvgIpc) is 2.92. The van der Waals surface area contributed by atoms with Gasteiger partial charge >= 0.3 is 5.97 Å². The standard InChI is InChI=1S/C13H21NO2/c15-13(16-10-4-2-1-3-5-10)11-8-9-6-7-12(11)14-9/h9-12,14H,1-8H2. The van der Waals surface area contributed by atoms with Crippen LogP contribution in [0.15, 0.2) is 0 Å². The number of hydrogen-bond donors (Lipinski definition) is 1. The second-order valence-electron chi connectivity index (χ2n) is 5.59. The quantitative estimate of drug-likeness (QED) is 0.728. The van der Waals surface area contributed by atoms with E-state index in [1.54, 1.807) is 0 Å². The molecular weight excluding hydrogens is 202 g/mol. The maximum atomic E-state index is 12.0. The fourth-order valence-electron chi connectivity index (χ4n) is 3.52. The number of ether oxygens (including phenoxy) is 1. The van der Waals surface area contributed by atoms with Crippen molar-refractivity contribution in [2.45, 2.75) is 69.6 Å². The van der Waals surface area contributed by atoms with Crippen molar-refractivity contribution in [3.05, 3.63) is 0 Å². The van der Waals surface area contributed by atoms with Crippen LogP contribution < -0.4 is 5.32 Å². The van der Waals surface area contributed by atoms with E-state index in [1.807, 2.05) is 0 Å². The van der Waals surface area contributed by atoms with E-state index in [4.69, 9.17) is 4.74 Å². The summed E-state index contributed by atoms with van der Waals surface area (Å²) in [5, 5.41) is 3.50. The Morgan fingerprint density at radius 2 is 1.88 bits per heavy atom. The summed E-state index contributed by atoms with van der Waals surface area (Å²) in [7, 11) is 0. The SMILES string of the molecule is O=C(OC1CCCCC1)C1CC2CCC1N2. The van der Waals surface area contributed by atoms with Gasteiger partial charge in [-0.05, 0) is 44.9 Å². The first kappa shape index (κ1) is 10.6. The molecular formula is C13H21NO2. The molecule has 0 radical (unpaired) electrons. The van der Waals surface area contributed by atoms with Gasteiger partial charge in [0.25, 0.3) is 0 Å². The van der Waals surface area contributed by atoms with E-state index >= 15 is 0 Å². The zero-order chi connectivity index (χ0) is 11.0. The minimum Gasteiger partial charge on any atom is -0.462 e. The van der Waals surface area contributed by atoms with Gasteiger partial charge in [0.15, 0.2) is 0 Å². The Balaban J connectivity index is 1.53. The van der Waals surface area contributed by atoms with Gasteiger partial charge in [0, 0.05) is 12.1 Å². The highest BCUT2D eigenvalue weighted by Gasteiger charge is 2.44. The Morgan fingerprint density at radius 1 is 1.06 bits per heavy atom. The normalized spacial score (nSPS) is 38.9. The smallest absolute Gasteiger partial charge is 0.310 e. The van der Waals surface area contributed by atoms with Crippen LogP contribution in [0.4, 0.5) is 0 Å². The molecule has 2 saturated heterocycles. The highest BCUT2D eigenvalue weighted by Crippen LogP contribution is 2.34. The van der Waals surface area contributed by atoms with Gasteiger partial charge in [-0.3, -0.25) is 4.79 Å².